The smallest absolute Gasteiger partial charge is 0.416 e. The van der Waals surface area contributed by atoms with Crippen molar-refractivity contribution in [2.75, 3.05) is 7.11 Å². The van der Waals surface area contributed by atoms with Gasteiger partial charge in [-0.3, -0.25) is 4.79 Å². The fourth-order valence-corrected chi connectivity index (χ4v) is 4.09. The molecule has 0 heterocycles. The number of hydrogen-bond acceptors (Lipinski definition) is 5. The second-order valence-electron chi connectivity index (χ2n) is 6.50. The van der Waals surface area contributed by atoms with Crippen LogP contribution >= 0.6 is 31.9 Å². The molecule has 0 saturated heterocycles. The SMILES string of the molecule is COC(=O)Cc1cc(Br)c(Oc2ccc(O)c(Oc3ccc(C(F)(F)F)cc3)c2)c(Br)c1. The standard InChI is InChI=1S/C22H15Br2F3O5/c1-30-20(29)10-12-8-16(23)21(17(24)9-12)32-15-6-7-18(28)19(11-15)31-14-4-2-13(3-5-14)22(25,26)27/h2-9,11,28H,10H2,1H3. The fraction of sp³-hybridized carbons (Fsp3) is 0.136. The predicted octanol–water partition coefficient (Wildman–Crippen LogP) is 7.24. The summed E-state index contributed by atoms with van der Waals surface area (Å²) >= 11 is 6.79. The lowest BCUT2D eigenvalue weighted by atomic mass is 10.1. The van der Waals surface area contributed by atoms with Gasteiger partial charge >= 0.3 is 12.1 Å². The van der Waals surface area contributed by atoms with Gasteiger partial charge < -0.3 is 19.3 Å². The van der Waals surface area contributed by atoms with Crippen molar-refractivity contribution >= 4 is 37.8 Å². The Balaban J connectivity index is 1.81. The van der Waals surface area contributed by atoms with E-state index < -0.39 is 11.7 Å². The van der Waals surface area contributed by atoms with E-state index in [4.69, 9.17) is 9.47 Å². The Kier molecular flexibility index (Phi) is 7.35. The van der Waals surface area contributed by atoms with Crippen molar-refractivity contribution in [1.29, 1.82) is 0 Å². The molecule has 0 fully saturated rings. The molecular formula is C22H15Br2F3O5. The predicted molar refractivity (Wildman–Crippen MR) is 117 cm³/mol. The number of carbonyl (C=O) groups is 1. The van der Waals surface area contributed by atoms with E-state index in [1.165, 1.54) is 25.3 Å². The molecule has 10 heteroatoms. The van der Waals surface area contributed by atoms with Gasteiger partial charge in [-0.1, -0.05) is 0 Å². The third-order valence-corrected chi connectivity index (χ3v) is 5.37. The summed E-state index contributed by atoms with van der Waals surface area (Å²) in [4.78, 5) is 11.5. The number of phenols is 1. The van der Waals surface area contributed by atoms with Crippen molar-refractivity contribution in [1.82, 2.24) is 0 Å². The highest BCUT2D eigenvalue weighted by Crippen LogP contribution is 2.41. The maximum Gasteiger partial charge on any atom is 0.416 e. The molecule has 0 spiro atoms. The summed E-state index contributed by atoms with van der Waals surface area (Å²) in [6, 6.07) is 11.7. The number of aromatic hydroxyl groups is 1. The molecule has 0 atom stereocenters. The molecule has 0 unspecified atom stereocenters. The highest BCUT2D eigenvalue weighted by molar-refractivity contribution is 9.11. The van der Waals surface area contributed by atoms with Crippen molar-refractivity contribution in [2.24, 2.45) is 0 Å². The van der Waals surface area contributed by atoms with E-state index in [9.17, 15) is 23.1 Å². The van der Waals surface area contributed by atoms with Crippen molar-refractivity contribution in [2.45, 2.75) is 12.6 Å². The quantitative estimate of drug-likeness (QED) is 0.314. The molecule has 0 saturated carbocycles. The maximum absolute atomic E-state index is 12.7. The lowest BCUT2D eigenvalue weighted by Crippen LogP contribution is -2.04. The summed E-state index contributed by atoms with van der Waals surface area (Å²) in [7, 11) is 1.30. The number of halogens is 5. The van der Waals surface area contributed by atoms with Crippen LogP contribution in [0.25, 0.3) is 0 Å². The zero-order valence-corrected chi connectivity index (χ0v) is 19.5. The number of ether oxygens (including phenoxy) is 3. The third kappa shape index (κ3) is 5.95. The number of carbonyl (C=O) groups excluding carboxylic acids is 1. The molecule has 0 radical (unpaired) electrons. The van der Waals surface area contributed by atoms with E-state index in [-0.39, 0.29) is 29.6 Å². The fourth-order valence-electron chi connectivity index (χ4n) is 2.65. The van der Waals surface area contributed by atoms with Crippen LogP contribution in [-0.4, -0.2) is 18.2 Å². The van der Waals surface area contributed by atoms with Gasteiger partial charge in [0.15, 0.2) is 17.2 Å². The summed E-state index contributed by atoms with van der Waals surface area (Å²) in [6.07, 6.45) is -4.38. The molecule has 0 aliphatic carbocycles. The van der Waals surface area contributed by atoms with Gasteiger partial charge in [0.25, 0.3) is 0 Å². The largest absolute Gasteiger partial charge is 0.504 e. The Bertz CT molecular complexity index is 1110. The first kappa shape index (κ1) is 23.9. The van der Waals surface area contributed by atoms with E-state index in [1.807, 2.05) is 0 Å². The van der Waals surface area contributed by atoms with E-state index in [2.05, 4.69) is 36.6 Å². The van der Waals surface area contributed by atoms with Crippen molar-refractivity contribution in [3.63, 3.8) is 0 Å². The van der Waals surface area contributed by atoms with E-state index >= 15 is 0 Å². The minimum Gasteiger partial charge on any atom is -0.504 e. The van der Waals surface area contributed by atoms with Gasteiger partial charge in [-0.2, -0.15) is 13.2 Å². The zero-order valence-electron chi connectivity index (χ0n) is 16.4. The molecular weight excluding hydrogens is 561 g/mol. The summed E-state index contributed by atoms with van der Waals surface area (Å²) in [6.45, 7) is 0. The van der Waals surface area contributed by atoms with E-state index in [1.54, 1.807) is 12.1 Å². The van der Waals surface area contributed by atoms with Crippen LogP contribution in [0.5, 0.6) is 28.7 Å². The van der Waals surface area contributed by atoms with Crippen LogP contribution in [0.4, 0.5) is 13.2 Å². The summed E-state index contributed by atoms with van der Waals surface area (Å²) in [5.41, 5.74) is -0.114. The Labute approximate surface area is 198 Å². The molecule has 0 bridgehead atoms. The zero-order chi connectivity index (χ0) is 23.5. The number of alkyl halides is 3. The minimum atomic E-state index is -4.46. The number of hydrogen-bond donors (Lipinski definition) is 1. The average molecular weight is 576 g/mol. The van der Waals surface area contributed by atoms with Gasteiger partial charge in [-0.25, -0.2) is 0 Å². The third-order valence-electron chi connectivity index (χ3n) is 4.19. The van der Waals surface area contributed by atoms with Crippen LogP contribution in [0.2, 0.25) is 0 Å². The Morgan fingerprint density at radius 1 is 0.938 bits per heavy atom. The highest BCUT2D eigenvalue weighted by atomic mass is 79.9. The molecule has 1 N–H and O–H groups in total. The summed E-state index contributed by atoms with van der Waals surface area (Å²) in [5.74, 6) is 0.207. The van der Waals surface area contributed by atoms with Gasteiger partial charge in [0.2, 0.25) is 0 Å². The van der Waals surface area contributed by atoms with Gasteiger partial charge in [0, 0.05) is 6.07 Å². The number of benzene rings is 3. The minimum absolute atomic E-state index is 0.00295. The first-order valence-corrected chi connectivity index (χ1v) is 10.6. The lowest BCUT2D eigenvalue weighted by molar-refractivity contribution is -0.140. The molecule has 0 amide bonds. The summed E-state index contributed by atoms with van der Waals surface area (Å²) in [5, 5.41) is 10.1. The van der Waals surface area contributed by atoms with Crippen molar-refractivity contribution in [3.05, 3.63) is 74.7 Å². The molecule has 3 aromatic rings. The first-order valence-electron chi connectivity index (χ1n) is 8.97. The van der Waals surface area contributed by atoms with Crippen LogP contribution in [-0.2, 0) is 22.1 Å². The molecule has 3 rings (SSSR count). The van der Waals surface area contributed by atoms with Gasteiger partial charge in [-0.05, 0) is 86.0 Å². The molecule has 0 aliphatic heterocycles. The Morgan fingerprint density at radius 3 is 2.09 bits per heavy atom. The average Bonchev–Trinajstić information content (AvgIpc) is 2.72. The van der Waals surface area contributed by atoms with Gasteiger partial charge in [0.05, 0.1) is 28.0 Å². The van der Waals surface area contributed by atoms with Crippen LogP contribution in [0.1, 0.15) is 11.1 Å². The second kappa shape index (κ2) is 9.83. The van der Waals surface area contributed by atoms with Crippen molar-refractivity contribution in [3.8, 4) is 28.7 Å². The van der Waals surface area contributed by atoms with E-state index in [0.29, 0.717) is 26.0 Å². The Morgan fingerprint density at radius 2 is 1.53 bits per heavy atom. The van der Waals surface area contributed by atoms with E-state index in [0.717, 1.165) is 24.3 Å². The number of esters is 1. The van der Waals surface area contributed by atoms with Crippen molar-refractivity contribution < 1.29 is 37.3 Å². The van der Waals surface area contributed by atoms with Crippen LogP contribution in [0.3, 0.4) is 0 Å². The molecule has 168 valence electrons. The van der Waals surface area contributed by atoms with Crippen LogP contribution in [0, 0.1) is 0 Å². The number of rotatable bonds is 6. The van der Waals surface area contributed by atoms with Crippen LogP contribution in [0.15, 0.2) is 63.5 Å². The molecule has 5 nitrogen and oxygen atoms in total. The molecule has 0 aliphatic rings. The monoisotopic (exact) mass is 574 g/mol. The van der Waals surface area contributed by atoms with Crippen LogP contribution < -0.4 is 9.47 Å². The lowest BCUT2D eigenvalue weighted by Gasteiger charge is -2.14. The number of phenolic OH excluding ortho intramolecular Hbond substituents is 1. The summed E-state index contributed by atoms with van der Waals surface area (Å²) < 4.78 is 55.3. The van der Waals surface area contributed by atoms with Gasteiger partial charge in [0.1, 0.15) is 11.5 Å². The maximum atomic E-state index is 12.7. The molecule has 0 aromatic heterocycles. The Hall–Kier alpha value is -2.72. The topological polar surface area (TPSA) is 65.0 Å². The molecule has 32 heavy (non-hydrogen) atoms. The molecule has 3 aromatic carbocycles. The normalized spacial score (nSPS) is 11.2. The highest BCUT2D eigenvalue weighted by Gasteiger charge is 2.30. The first-order chi connectivity index (χ1) is 15.1. The van der Waals surface area contributed by atoms with Gasteiger partial charge in [-0.15, -0.1) is 0 Å². The second-order valence-corrected chi connectivity index (χ2v) is 8.21. The number of methoxy groups -OCH3 is 1.